The highest BCUT2D eigenvalue weighted by Gasteiger charge is 2.35. The van der Waals surface area contributed by atoms with Gasteiger partial charge in [-0.05, 0) is 93.2 Å². The molecule has 2 aromatic carbocycles. The van der Waals surface area contributed by atoms with Gasteiger partial charge in [0.25, 0.3) is 11.8 Å². The highest BCUT2D eigenvalue weighted by molar-refractivity contribution is 7.80. The molecule has 0 atom stereocenters. The lowest BCUT2D eigenvalue weighted by Gasteiger charge is -2.29. The van der Waals surface area contributed by atoms with Crippen LogP contribution in [0.15, 0.2) is 54.1 Å². The van der Waals surface area contributed by atoms with Gasteiger partial charge in [0.2, 0.25) is 0 Å². The zero-order valence-electron chi connectivity index (χ0n) is 19.6. The number of rotatable bonds is 5. The number of ether oxygens (including phenoxy) is 1. The van der Waals surface area contributed by atoms with Gasteiger partial charge >= 0.3 is 5.97 Å². The van der Waals surface area contributed by atoms with Crippen LogP contribution in [0.5, 0.6) is 0 Å². The van der Waals surface area contributed by atoms with Gasteiger partial charge in [-0.25, -0.2) is 9.18 Å². The second-order valence-electron chi connectivity index (χ2n) is 7.99. The van der Waals surface area contributed by atoms with Crippen LogP contribution in [0.25, 0.3) is 11.8 Å². The molecule has 0 saturated carbocycles. The fourth-order valence-electron chi connectivity index (χ4n) is 3.96. The van der Waals surface area contributed by atoms with Gasteiger partial charge in [-0.1, -0.05) is 11.6 Å². The van der Waals surface area contributed by atoms with Crippen LogP contribution >= 0.6 is 23.8 Å². The Morgan fingerprint density at radius 2 is 1.78 bits per heavy atom. The average Bonchev–Trinajstić information content (AvgIpc) is 3.11. The maximum Gasteiger partial charge on any atom is 0.338 e. The maximum absolute atomic E-state index is 13.6. The number of nitrogens with one attached hydrogen (secondary N) is 1. The molecule has 1 aliphatic rings. The van der Waals surface area contributed by atoms with Crippen LogP contribution in [0.1, 0.15) is 34.2 Å². The molecule has 1 aromatic heterocycles. The summed E-state index contributed by atoms with van der Waals surface area (Å²) < 4.78 is 20.6. The standard InChI is InChI=1S/C26H21ClFN3O4S/c1-4-35-25(34)16-5-7-18(8-6-16)30-14(2)11-17(15(30)3)12-20-23(32)29-26(36)31(24(20)33)19-9-10-22(28)21(27)13-19/h5-13H,4H2,1-3H3,(H,29,32,36)/b20-12+. The van der Waals surface area contributed by atoms with Crippen molar-refractivity contribution < 1.29 is 23.5 Å². The summed E-state index contributed by atoms with van der Waals surface area (Å²) in [5.74, 6) is -2.34. The second kappa shape index (κ2) is 10.0. The van der Waals surface area contributed by atoms with Crippen molar-refractivity contribution in [2.24, 2.45) is 0 Å². The molecule has 0 unspecified atom stereocenters. The molecular weight excluding hydrogens is 505 g/mol. The van der Waals surface area contributed by atoms with Crippen molar-refractivity contribution in [3.8, 4) is 5.69 Å². The lowest BCUT2D eigenvalue weighted by Crippen LogP contribution is -2.54. The van der Waals surface area contributed by atoms with Crippen LogP contribution in [-0.2, 0) is 14.3 Å². The minimum Gasteiger partial charge on any atom is -0.462 e. The minimum atomic E-state index is -0.657. The smallest absolute Gasteiger partial charge is 0.338 e. The van der Waals surface area contributed by atoms with Crippen LogP contribution in [0.2, 0.25) is 5.02 Å². The summed E-state index contributed by atoms with van der Waals surface area (Å²) in [4.78, 5) is 39.0. The molecule has 7 nitrogen and oxygen atoms in total. The Balaban J connectivity index is 1.70. The summed E-state index contributed by atoms with van der Waals surface area (Å²) in [7, 11) is 0. The molecule has 0 aliphatic carbocycles. The highest BCUT2D eigenvalue weighted by Crippen LogP contribution is 2.28. The van der Waals surface area contributed by atoms with Crippen molar-refractivity contribution in [3.05, 3.63) is 87.5 Å². The van der Waals surface area contributed by atoms with Crippen LogP contribution < -0.4 is 10.2 Å². The topological polar surface area (TPSA) is 80.6 Å². The normalized spacial score (nSPS) is 14.9. The third kappa shape index (κ3) is 4.67. The molecule has 1 fully saturated rings. The molecule has 10 heteroatoms. The summed E-state index contributed by atoms with van der Waals surface area (Å²) in [6.45, 7) is 5.77. The van der Waals surface area contributed by atoms with Gasteiger partial charge in [-0.2, -0.15) is 0 Å². The van der Waals surface area contributed by atoms with Gasteiger partial charge in [0.15, 0.2) is 5.11 Å². The number of nitrogens with zero attached hydrogens (tertiary/aromatic N) is 2. The molecule has 2 heterocycles. The molecule has 184 valence electrons. The number of anilines is 1. The molecule has 1 saturated heterocycles. The molecule has 1 N–H and O–H groups in total. The molecule has 0 spiro atoms. The van der Waals surface area contributed by atoms with Crippen LogP contribution in [-0.4, -0.2) is 34.1 Å². The third-order valence-corrected chi connectivity index (χ3v) is 6.24. The Morgan fingerprint density at radius 1 is 1.11 bits per heavy atom. The molecular formula is C26H21ClFN3O4S. The van der Waals surface area contributed by atoms with Gasteiger partial charge in [0.05, 0.1) is 22.9 Å². The van der Waals surface area contributed by atoms with E-state index in [4.69, 9.17) is 28.6 Å². The number of carbonyl (C=O) groups excluding carboxylic acids is 3. The maximum atomic E-state index is 13.6. The van der Waals surface area contributed by atoms with E-state index < -0.39 is 23.6 Å². The van der Waals surface area contributed by atoms with E-state index in [1.165, 1.54) is 18.2 Å². The van der Waals surface area contributed by atoms with E-state index in [1.807, 2.05) is 24.5 Å². The third-order valence-electron chi connectivity index (χ3n) is 5.67. The summed E-state index contributed by atoms with van der Waals surface area (Å²) in [6.07, 6.45) is 1.49. The summed E-state index contributed by atoms with van der Waals surface area (Å²) in [6, 6.07) is 12.5. The summed E-state index contributed by atoms with van der Waals surface area (Å²) in [5, 5.41) is 2.20. The Hall–Kier alpha value is -3.82. The first-order valence-electron chi connectivity index (χ1n) is 11.0. The lowest BCUT2D eigenvalue weighted by atomic mass is 10.1. The van der Waals surface area contributed by atoms with E-state index in [1.54, 1.807) is 31.2 Å². The lowest BCUT2D eigenvalue weighted by molar-refractivity contribution is -0.122. The summed E-state index contributed by atoms with van der Waals surface area (Å²) in [5.41, 5.74) is 3.60. The molecule has 2 amide bonds. The van der Waals surface area contributed by atoms with Gasteiger partial charge in [-0.3, -0.25) is 19.8 Å². The molecule has 0 bridgehead atoms. The number of aromatic nitrogens is 1. The number of hydrogen-bond donors (Lipinski definition) is 1. The Morgan fingerprint density at radius 3 is 2.42 bits per heavy atom. The number of benzene rings is 2. The zero-order valence-corrected chi connectivity index (χ0v) is 21.2. The van der Waals surface area contributed by atoms with Crippen molar-refractivity contribution >= 4 is 58.5 Å². The average molecular weight is 526 g/mol. The Bertz CT molecular complexity index is 1450. The van der Waals surface area contributed by atoms with Gasteiger partial charge in [0, 0.05) is 17.1 Å². The number of hydrogen-bond acceptors (Lipinski definition) is 5. The van der Waals surface area contributed by atoms with Crippen molar-refractivity contribution in [2.75, 3.05) is 11.5 Å². The SMILES string of the molecule is CCOC(=O)c1ccc(-n2c(C)cc(/C=C3\C(=O)NC(=S)N(c4ccc(F)c(Cl)c4)C3=O)c2C)cc1. The van der Waals surface area contributed by atoms with Gasteiger partial charge in [0.1, 0.15) is 11.4 Å². The minimum absolute atomic E-state index is 0.128. The van der Waals surface area contributed by atoms with Crippen molar-refractivity contribution in [1.82, 2.24) is 9.88 Å². The molecule has 36 heavy (non-hydrogen) atoms. The van der Waals surface area contributed by atoms with Crippen molar-refractivity contribution in [2.45, 2.75) is 20.8 Å². The van der Waals surface area contributed by atoms with E-state index >= 15 is 0 Å². The molecule has 0 radical (unpaired) electrons. The van der Waals surface area contributed by atoms with Crippen LogP contribution in [0.4, 0.5) is 10.1 Å². The van der Waals surface area contributed by atoms with E-state index in [-0.39, 0.29) is 28.0 Å². The Kier molecular flexibility index (Phi) is 7.05. The van der Waals surface area contributed by atoms with Crippen molar-refractivity contribution in [3.63, 3.8) is 0 Å². The first-order chi connectivity index (χ1) is 17.1. The number of esters is 1. The fourth-order valence-corrected chi connectivity index (χ4v) is 4.42. The molecule has 4 rings (SSSR count). The number of aryl methyl sites for hydroxylation is 1. The van der Waals surface area contributed by atoms with Crippen LogP contribution in [0.3, 0.4) is 0 Å². The number of carbonyl (C=O) groups is 3. The zero-order chi connectivity index (χ0) is 26.1. The largest absolute Gasteiger partial charge is 0.462 e. The first kappa shape index (κ1) is 25.3. The monoisotopic (exact) mass is 525 g/mol. The first-order valence-corrected chi connectivity index (χ1v) is 11.7. The quantitative estimate of drug-likeness (QED) is 0.222. The van der Waals surface area contributed by atoms with E-state index in [9.17, 15) is 18.8 Å². The summed E-state index contributed by atoms with van der Waals surface area (Å²) >= 11 is 11.1. The van der Waals surface area contributed by atoms with E-state index in [0.717, 1.165) is 28.0 Å². The van der Waals surface area contributed by atoms with E-state index in [2.05, 4.69) is 5.32 Å². The van der Waals surface area contributed by atoms with Gasteiger partial charge < -0.3 is 9.30 Å². The predicted molar refractivity (Wildman–Crippen MR) is 139 cm³/mol. The Labute approximate surface area is 217 Å². The van der Waals surface area contributed by atoms with Crippen molar-refractivity contribution in [1.29, 1.82) is 0 Å². The molecule has 1 aliphatic heterocycles. The second-order valence-corrected chi connectivity index (χ2v) is 8.78. The van der Waals surface area contributed by atoms with Gasteiger partial charge in [-0.15, -0.1) is 0 Å². The van der Waals surface area contributed by atoms with Crippen LogP contribution in [0, 0.1) is 19.7 Å². The highest BCUT2D eigenvalue weighted by atomic mass is 35.5. The number of thiocarbonyl (C=S) groups is 1. The predicted octanol–water partition coefficient (Wildman–Crippen LogP) is 4.89. The number of amides is 2. The van der Waals surface area contributed by atoms with E-state index in [0.29, 0.717) is 11.1 Å². The fraction of sp³-hybridized carbons (Fsp3) is 0.154. The molecule has 3 aromatic rings. The number of halogens is 2.